The lowest BCUT2D eigenvalue weighted by Gasteiger charge is -2.11. The molecule has 2 heteroatoms. The number of rotatable bonds is 2. The molecule has 0 bridgehead atoms. The van der Waals surface area contributed by atoms with E-state index >= 15 is 0 Å². The Morgan fingerprint density at radius 1 is 1.07 bits per heavy atom. The summed E-state index contributed by atoms with van der Waals surface area (Å²) >= 11 is 8.78. The van der Waals surface area contributed by atoms with Crippen LogP contribution < -0.4 is 0 Å². The largest absolute Gasteiger partial charge is 0.147 e. The molecule has 0 saturated heterocycles. The van der Waals surface area contributed by atoms with E-state index in [2.05, 4.69) is 58.2 Å². The lowest BCUT2D eigenvalue weighted by molar-refractivity contribution is 1.13. The predicted molar refractivity (Wildman–Crippen MR) is 75.0 cm³/mol. The van der Waals surface area contributed by atoms with E-state index in [1.54, 1.807) is 0 Å². The molecular weight excluding hydrogens is 220 g/mol. The molecule has 0 atom stereocenters. The molecule has 0 fully saturated rings. The van der Waals surface area contributed by atoms with Crippen molar-refractivity contribution in [3.05, 3.63) is 44.2 Å². The minimum absolute atomic E-state index is 0.885. The fraction of sp³-hybridized carbons (Fsp3) is 0.385. The van der Waals surface area contributed by atoms with Crippen molar-refractivity contribution < 1.29 is 0 Å². The van der Waals surface area contributed by atoms with Crippen LogP contribution in [0.3, 0.4) is 0 Å². The molecule has 0 unspecified atom stereocenters. The van der Waals surface area contributed by atoms with Crippen LogP contribution in [-0.4, -0.2) is 0 Å². The van der Waals surface area contributed by atoms with Crippen LogP contribution in [0.4, 0.5) is 0 Å². The number of allylic oxidation sites excluding steroid dienone is 2. The Morgan fingerprint density at radius 3 is 1.93 bits per heavy atom. The minimum Gasteiger partial charge on any atom is -0.147 e. The first-order valence-electron chi connectivity index (χ1n) is 5.06. The Morgan fingerprint density at radius 2 is 1.53 bits per heavy atom. The molecule has 0 nitrogen and oxygen atoms in total. The normalized spacial score (nSPS) is 12.7. The Kier molecular flexibility index (Phi) is 4.35. The van der Waals surface area contributed by atoms with Crippen LogP contribution in [0, 0.1) is 20.8 Å². The number of hydrogen-bond acceptors (Lipinski definition) is 2. The van der Waals surface area contributed by atoms with E-state index in [0.29, 0.717) is 0 Å². The van der Waals surface area contributed by atoms with Crippen molar-refractivity contribution in [1.82, 2.24) is 0 Å². The first-order chi connectivity index (χ1) is 6.91. The van der Waals surface area contributed by atoms with Crippen molar-refractivity contribution in [3.8, 4) is 0 Å². The van der Waals surface area contributed by atoms with Gasteiger partial charge in [0.1, 0.15) is 0 Å². The zero-order chi connectivity index (χ0) is 11.6. The van der Waals surface area contributed by atoms with E-state index in [9.17, 15) is 0 Å². The van der Waals surface area contributed by atoms with E-state index in [1.807, 2.05) is 6.92 Å². The fourth-order valence-corrected chi connectivity index (χ4v) is 2.02. The molecule has 0 aromatic heterocycles. The van der Waals surface area contributed by atoms with Crippen LogP contribution >= 0.6 is 25.3 Å². The highest BCUT2D eigenvalue weighted by Gasteiger charge is 2.05. The van der Waals surface area contributed by atoms with Gasteiger partial charge in [0.25, 0.3) is 0 Å². The first-order valence-corrected chi connectivity index (χ1v) is 5.95. The molecular formula is C13H18S2. The maximum absolute atomic E-state index is 4.46. The molecule has 15 heavy (non-hydrogen) atoms. The van der Waals surface area contributed by atoms with Crippen LogP contribution in [-0.2, 0) is 6.42 Å². The lowest BCUT2D eigenvalue weighted by Crippen LogP contribution is -1.96. The van der Waals surface area contributed by atoms with Gasteiger partial charge in [0.05, 0.1) is 0 Å². The third-order valence-corrected chi connectivity index (χ3v) is 3.54. The Bertz CT molecular complexity index is 376. The zero-order valence-corrected chi connectivity index (χ0v) is 11.5. The van der Waals surface area contributed by atoms with Crippen LogP contribution in [0.1, 0.15) is 29.2 Å². The van der Waals surface area contributed by atoms with Crippen molar-refractivity contribution >= 4 is 25.3 Å². The molecule has 0 aliphatic heterocycles. The highest BCUT2D eigenvalue weighted by molar-refractivity contribution is 7.88. The molecule has 0 aliphatic rings. The van der Waals surface area contributed by atoms with E-state index in [-0.39, 0.29) is 0 Å². The third-order valence-electron chi connectivity index (χ3n) is 2.60. The summed E-state index contributed by atoms with van der Waals surface area (Å²) in [4.78, 5) is 2.05. The maximum atomic E-state index is 4.46. The van der Waals surface area contributed by atoms with Crippen LogP contribution in [0.25, 0.3) is 0 Å². The summed E-state index contributed by atoms with van der Waals surface area (Å²) in [7, 11) is 0. The molecule has 0 saturated carbocycles. The average molecular weight is 238 g/mol. The highest BCUT2D eigenvalue weighted by atomic mass is 32.1. The van der Waals surface area contributed by atoms with Gasteiger partial charge in [0.2, 0.25) is 0 Å². The van der Waals surface area contributed by atoms with Gasteiger partial charge < -0.3 is 0 Å². The Balaban J connectivity index is 3.11. The molecule has 0 amide bonds. The molecule has 0 spiro atoms. The summed E-state index contributed by atoms with van der Waals surface area (Å²) in [5.41, 5.74) is 5.38. The van der Waals surface area contributed by atoms with Crippen molar-refractivity contribution in [2.24, 2.45) is 0 Å². The van der Waals surface area contributed by atoms with Crippen molar-refractivity contribution in [2.75, 3.05) is 0 Å². The number of aryl methyl sites for hydroxylation is 3. The topological polar surface area (TPSA) is 0 Å². The fourth-order valence-electron chi connectivity index (χ4n) is 1.78. The van der Waals surface area contributed by atoms with Gasteiger partial charge in [0, 0.05) is 6.42 Å². The second-order valence-electron chi connectivity index (χ2n) is 4.09. The molecule has 0 N–H and O–H groups in total. The third kappa shape index (κ3) is 3.32. The summed E-state index contributed by atoms with van der Waals surface area (Å²) in [5.74, 6) is 0. The van der Waals surface area contributed by atoms with E-state index in [4.69, 9.17) is 0 Å². The van der Waals surface area contributed by atoms with Gasteiger partial charge in [-0.3, -0.25) is 0 Å². The van der Waals surface area contributed by atoms with Crippen LogP contribution in [0.15, 0.2) is 21.9 Å². The molecule has 0 heterocycles. The first kappa shape index (κ1) is 12.7. The summed E-state index contributed by atoms with van der Waals surface area (Å²) in [6, 6.07) is 4.44. The predicted octanol–water partition coefficient (Wildman–Crippen LogP) is 4.25. The van der Waals surface area contributed by atoms with Crippen LogP contribution in [0.5, 0.6) is 0 Å². The van der Waals surface area contributed by atoms with Gasteiger partial charge in [-0.25, -0.2) is 0 Å². The SMILES string of the molecule is CC(S)=C(S)Cc1c(C)cc(C)cc1C. The van der Waals surface area contributed by atoms with Gasteiger partial charge >= 0.3 is 0 Å². The second kappa shape index (κ2) is 5.13. The average Bonchev–Trinajstić information content (AvgIpc) is 2.10. The summed E-state index contributed by atoms with van der Waals surface area (Å²) in [5, 5.41) is 0. The molecule has 0 aliphatic carbocycles. The standard InChI is InChI=1S/C13H18S2/c1-8-5-9(2)12(10(3)6-8)7-13(15)11(4)14/h5-6,14-15H,7H2,1-4H3. The zero-order valence-electron chi connectivity index (χ0n) is 9.76. The molecule has 1 aromatic rings. The maximum Gasteiger partial charge on any atom is 0.00448 e. The van der Waals surface area contributed by atoms with Crippen LogP contribution in [0.2, 0.25) is 0 Å². The molecule has 1 aromatic carbocycles. The number of hydrogen-bond donors (Lipinski definition) is 2. The minimum atomic E-state index is 0.885. The van der Waals surface area contributed by atoms with Crippen molar-refractivity contribution in [1.29, 1.82) is 0 Å². The van der Waals surface area contributed by atoms with Gasteiger partial charge in [-0.15, -0.1) is 25.3 Å². The van der Waals surface area contributed by atoms with E-state index in [1.165, 1.54) is 22.3 Å². The molecule has 0 radical (unpaired) electrons. The Labute approximate surface area is 104 Å². The van der Waals surface area contributed by atoms with E-state index < -0.39 is 0 Å². The summed E-state index contributed by atoms with van der Waals surface area (Å²) in [6.45, 7) is 8.42. The van der Waals surface area contributed by atoms with Gasteiger partial charge in [-0.05, 0) is 54.2 Å². The Hall–Kier alpha value is -0.340. The highest BCUT2D eigenvalue weighted by Crippen LogP contribution is 2.23. The monoisotopic (exact) mass is 238 g/mol. The summed E-state index contributed by atoms with van der Waals surface area (Å²) in [6.07, 6.45) is 0.885. The van der Waals surface area contributed by atoms with Crippen molar-refractivity contribution in [3.63, 3.8) is 0 Å². The quantitative estimate of drug-likeness (QED) is 0.707. The smallest absolute Gasteiger partial charge is 0.00448 e. The van der Waals surface area contributed by atoms with Gasteiger partial charge in [-0.2, -0.15) is 0 Å². The number of thiol groups is 2. The van der Waals surface area contributed by atoms with Gasteiger partial charge in [0.15, 0.2) is 0 Å². The van der Waals surface area contributed by atoms with Gasteiger partial charge in [-0.1, -0.05) is 17.7 Å². The van der Waals surface area contributed by atoms with E-state index in [0.717, 1.165) is 16.2 Å². The van der Waals surface area contributed by atoms with Crippen molar-refractivity contribution in [2.45, 2.75) is 34.1 Å². The lowest BCUT2D eigenvalue weighted by atomic mass is 9.97. The second-order valence-corrected chi connectivity index (χ2v) is 5.30. The molecule has 82 valence electrons. The number of benzene rings is 1. The summed E-state index contributed by atoms with van der Waals surface area (Å²) < 4.78 is 0. The molecule has 1 rings (SSSR count).